The second-order valence-electron chi connectivity index (χ2n) is 7.17. The molecule has 0 bridgehead atoms. The fourth-order valence-electron chi connectivity index (χ4n) is 3.57. The maximum absolute atomic E-state index is 12.0. The Kier molecular flexibility index (Phi) is 5.92. The van der Waals surface area contributed by atoms with Gasteiger partial charge in [-0.3, -0.25) is 0 Å². The van der Waals surface area contributed by atoms with Crippen LogP contribution in [0.3, 0.4) is 0 Å². The molecule has 2 aromatic rings. The third kappa shape index (κ3) is 4.35. The quantitative estimate of drug-likeness (QED) is 0.746. The van der Waals surface area contributed by atoms with Crippen LogP contribution in [0.5, 0.6) is 0 Å². The van der Waals surface area contributed by atoms with E-state index >= 15 is 0 Å². The number of likely N-dealkylation sites (N-methyl/N-ethyl adjacent to an activating group) is 1. The van der Waals surface area contributed by atoms with Crippen molar-refractivity contribution < 1.29 is 8.42 Å². The molecule has 0 atom stereocenters. The summed E-state index contributed by atoms with van der Waals surface area (Å²) in [5.41, 5.74) is 1.90. The standard InChI is InChI=1S/C16H26ClN7O2S/c1-12-10-14(17)24-15(12)16(19-11-20-24)22-6-4-13(5-7-22)23(27(18,25)26)9-8-21(2)3/h10-11,13H,4-9H2,1-3H3,(H2,18,25,26). The highest BCUT2D eigenvalue weighted by atomic mass is 35.5. The normalized spacial score (nSPS) is 16.8. The highest BCUT2D eigenvalue weighted by molar-refractivity contribution is 7.86. The Morgan fingerprint density at radius 1 is 1.30 bits per heavy atom. The van der Waals surface area contributed by atoms with Gasteiger partial charge in [0.1, 0.15) is 17.0 Å². The molecule has 1 fully saturated rings. The van der Waals surface area contributed by atoms with E-state index in [4.69, 9.17) is 16.7 Å². The molecule has 27 heavy (non-hydrogen) atoms. The van der Waals surface area contributed by atoms with Gasteiger partial charge in [0.2, 0.25) is 0 Å². The van der Waals surface area contributed by atoms with E-state index in [1.165, 1.54) is 10.6 Å². The van der Waals surface area contributed by atoms with E-state index in [-0.39, 0.29) is 6.04 Å². The smallest absolute Gasteiger partial charge is 0.277 e. The molecule has 150 valence electrons. The van der Waals surface area contributed by atoms with Gasteiger partial charge < -0.3 is 9.80 Å². The van der Waals surface area contributed by atoms with Gasteiger partial charge >= 0.3 is 0 Å². The molecule has 0 aliphatic carbocycles. The Hall–Kier alpha value is -1.46. The fraction of sp³-hybridized carbons (Fsp3) is 0.625. The summed E-state index contributed by atoms with van der Waals surface area (Å²) in [4.78, 5) is 8.56. The first-order chi connectivity index (χ1) is 12.7. The molecule has 0 spiro atoms. The number of fused-ring (bicyclic) bond motifs is 1. The van der Waals surface area contributed by atoms with Gasteiger partial charge in [-0.25, -0.2) is 14.6 Å². The fourth-order valence-corrected chi connectivity index (χ4v) is 4.83. The summed E-state index contributed by atoms with van der Waals surface area (Å²) < 4.78 is 27.2. The summed E-state index contributed by atoms with van der Waals surface area (Å²) in [5.74, 6) is 0.822. The second-order valence-corrected chi connectivity index (χ2v) is 9.06. The van der Waals surface area contributed by atoms with E-state index in [9.17, 15) is 8.42 Å². The third-order valence-electron chi connectivity index (χ3n) is 4.95. The van der Waals surface area contributed by atoms with Gasteiger partial charge in [-0.15, -0.1) is 0 Å². The van der Waals surface area contributed by atoms with Crippen LogP contribution in [-0.4, -0.2) is 78.5 Å². The van der Waals surface area contributed by atoms with Crippen molar-refractivity contribution in [3.63, 3.8) is 0 Å². The van der Waals surface area contributed by atoms with Gasteiger partial charge in [0.15, 0.2) is 5.82 Å². The number of rotatable bonds is 6. The van der Waals surface area contributed by atoms with Crippen molar-refractivity contribution in [3.8, 4) is 0 Å². The summed E-state index contributed by atoms with van der Waals surface area (Å²) >= 11 is 6.23. The monoisotopic (exact) mass is 415 g/mol. The lowest BCUT2D eigenvalue weighted by molar-refractivity contribution is 0.249. The number of anilines is 1. The number of hydrogen-bond donors (Lipinski definition) is 1. The van der Waals surface area contributed by atoms with Crippen LogP contribution in [-0.2, 0) is 10.2 Å². The maximum Gasteiger partial charge on any atom is 0.277 e. The molecule has 3 rings (SSSR count). The van der Waals surface area contributed by atoms with Gasteiger partial charge in [0.05, 0.1) is 0 Å². The molecule has 0 saturated carbocycles. The lowest BCUT2D eigenvalue weighted by Gasteiger charge is -2.38. The van der Waals surface area contributed by atoms with E-state index in [0.717, 1.165) is 16.9 Å². The van der Waals surface area contributed by atoms with E-state index in [2.05, 4.69) is 15.0 Å². The average molecular weight is 416 g/mol. The zero-order valence-corrected chi connectivity index (χ0v) is 17.4. The summed E-state index contributed by atoms with van der Waals surface area (Å²) in [6.07, 6.45) is 2.87. The van der Waals surface area contributed by atoms with Crippen molar-refractivity contribution in [2.75, 3.05) is 45.2 Å². The molecule has 2 N–H and O–H groups in total. The van der Waals surface area contributed by atoms with Crippen molar-refractivity contribution >= 4 is 33.1 Å². The van der Waals surface area contributed by atoms with Crippen LogP contribution in [0.15, 0.2) is 12.4 Å². The van der Waals surface area contributed by atoms with Crippen LogP contribution in [0.2, 0.25) is 5.15 Å². The van der Waals surface area contributed by atoms with Gasteiger partial charge in [-0.1, -0.05) is 11.6 Å². The predicted octanol–water partition coefficient (Wildman–Crippen LogP) is 0.727. The Balaban J connectivity index is 1.77. The van der Waals surface area contributed by atoms with Crippen LogP contribution in [0.1, 0.15) is 18.4 Å². The Morgan fingerprint density at radius 3 is 2.56 bits per heavy atom. The van der Waals surface area contributed by atoms with E-state index < -0.39 is 10.2 Å². The Bertz CT molecular complexity index is 907. The van der Waals surface area contributed by atoms with Gasteiger partial charge in [0.25, 0.3) is 10.2 Å². The van der Waals surface area contributed by atoms with E-state index in [0.29, 0.717) is 44.2 Å². The minimum atomic E-state index is -3.74. The molecule has 3 heterocycles. The molecule has 0 radical (unpaired) electrons. The van der Waals surface area contributed by atoms with Crippen LogP contribution in [0.25, 0.3) is 5.52 Å². The molecular weight excluding hydrogens is 390 g/mol. The van der Waals surface area contributed by atoms with Crippen molar-refractivity contribution in [2.45, 2.75) is 25.8 Å². The number of hydrogen-bond acceptors (Lipinski definition) is 6. The molecule has 9 nitrogen and oxygen atoms in total. The maximum atomic E-state index is 12.0. The highest BCUT2D eigenvalue weighted by Gasteiger charge is 2.31. The van der Waals surface area contributed by atoms with Crippen molar-refractivity contribution in [3.05, 3.63) is 23.1 Å². The first-order valence-corrected chi connectivity index (χ1v) is 10.7. The highest BCUT2D eigenvalue weighted by Crippen LogP contribution is 2.29. The lowest BCUT2D eigenvalue weighted by atomic mass is 10.0. The number of nitrogens with two attached hydrogens (primary N) is 1. The number of aromatic nitrogens is 3. The predicted molar refractivity (Wildman–Crippen MR) is 106 cm³/mol. The van der Waals surface area contributed by atoms with E-state index in [1.807, 2.05) is 32.0 Å². The SMILES string of the molecule is Cc1cc(Cl)n2ncnc(N3CCC(N(CCN(C)C)S(N)(=O)=O)CC3)c12. The molecule has 11 heteroatoms. The Labute approximate surface area is 164 Å². The molecule has 1 aliphatic heterocycles. The number of aryl methyl sites for hydroxylation is 1. The van der Waals surface area contributed by atoms with Crippen LogP contribution >= 0.6 is 11.6 Å². The summed E-state index contributed by atoms with van der Waals surface area (Å²) in [6.45, 7) is 4.37. The van der Waals surface area contributed by atoms with Crippen LogP contribution < -0.4 is 10.0 Å². The summed E-state index contributed by atoms with van der Waals surface area (Å²) in [7, 11) is 0.0845. The molecule has 0 aromatic carbocycles. The van der Waals surface area contributed by atoms with Gasteiger partial charge in [0, 0.05) is 32.2 Å². The molecule has 2 aromatic heterocycles. The first-order valence-electron chi connectivity index (χ1n) is 8.86. The Morgan fingerprint density at radius 2 is 1.96 bits per heavy atom. The largest absolute Gasteiger partial charge is 0.355 e. The second kappa shape index (κ2) is 7.88. The molecule has 0 amide bonds. The number of nitrogens with zero attached hydrogens (tertiary/aromatic N) is 6. The zero-order chi connectivity index (χ0) is 19.8. The summed E-state index contributed by atoms with van der Waals surface area (Å²) in [6, 6.07) is 1.76. The van der Waals surface area contributed by atoms with Crippen molar-refractivity contribution in [1.29, 1.82) is 0 Å². The molecule has 1 saturated heterocycles. The number of piperidine rings is 1. The lowest BCUT2D eigenvalue weighted by Crippen LogP contribution is -2.51. The van der Waals surface area contributed by atoms with Crippen molar-refractivity contribution in [2.24, 2.45) is 5.14 Å². The molecular formula is C16H26ClN7O2S. The average Bonchev–Trinajstić information content (AvgIpc) is 2.89. The van der Waals surface area contributed by atoms with Gasteiger partial charge in [-0.05, 0) is 45.5 Å². The zero-order valence-electron chi connectivity index (χ0n) is 15.8. The first kappa shape index (κ1) is 20.3. The molecule has 1 aliphatic rings. The van der Waals surface area contributed by atoms with Crippen LogP contribution in [0.4, 0.5) is 5.82 Å². The van der Waals surface area contributed by atoms with Crippen molar-refractivity contribution in [1.82, 2.24) is 23.8 Å². The molecule has 0 unspecified atom stereocenters. The minimum absolute atomic E-state index is 0.106. The minimum Gasteiger partial charge on any atom is -0.355 e. The number of halogens is 1. The third-order valence-corrected chi connectivity index (χ3v) is 6.35. The van der Waals surface area contributed by atoms with Gasteiger partial charge in [-0.2, -0.15) is 17.8 Å². The topological polar surface area (TPSA) is 100 Å². The van der Waals surface area contributed by atoms with Crippen LogP contribution in [0, 0.1) is 6.92 Å². The van der Waals surface area contributed by atoms with E-state index in [1.54, 1.807) is 4.52 Å². The summed E-state index contributed by atoms with van der Waals surface area (Å²) in [5, 5.41) is 10.2.